The summed E-state index contributed by atoms with van der Waals surface area (Å²) in [5, 5.41) is 4.09. The van der Waals surface area contributed by atoms with Gasteiger partial charge in [-0.3, -0.25) is 0 Å². The molecule has 0 atom stereocenters. The molecule has 0 spiro atoms. The fourth-order valence-electron chi connectivity index (χ4n) is 4.83. The molecule has 5 rings (SSSR count). The summed E-state index contributed by atoms with van der Waals surface area (Å²) in [5.41, 5.74) is 3.83. The molecule has 2 heteroatoms. The quantitative estimate of drug-likeness (QED) is 0.301. The molecule has 0 amide bonds. The summed E-state index contributed by atoms with van der Waals surface area (Å²) in [7, 11) is -0.719. The summed E-state index contributed by atoms with van der Waals surface area (Å²) in [6.07, 6.45) is 0. The molecule has 0 aliphatic carbocycles. The highest BCUT2D eigenvalue weighted by Crippen LogP contribution is 2.51. The van der Waals surface area contributed by atoms with Crippen molar-refractivity contribution in [2.45, 2.75) is 45.4 Å². The second-order valence-corrected chi connectivity index (χ2v) is 12.5. The van der Waals surface area contributed by atoms with Crippen LogP contribution in [0.15, 0.2) is 97.1 Å². The molecule has 0 saturated heterocycles. The highest BCUT2D eigenvalue weighted by molar-refractivity contribution is 7.79. The van der Waals surface area contributed by atoms with Crippen molar-refractivity contribution < 1.29 is 4.74 Å². The maximum absolute atomic E-state index is 6.55. The molecule has 1 aliphatic rings. The van der Waals surface area contributed by atoms with E-state index in [-0.39, 0.29) is 10.8 Å². The minimum atomic E-state index is -0.719. The van der Waals surface area contributed by atoms with Gasteiger partial charge in [0.05, 0.1) is 0 Å². The molecule has 1 nitrogen and oxygen atoms in total. The standard InChI is InChI=1S/C31H31OP/c1-30(2,3)22-19-20-26-25(21-22)31(4,5)29-27(32-26)17-12-18-28(29)33(23-13-8-6-9-14-23)24-15-10-7-11-16-24/h6-21H,1-5H3. The second-order valence-electron chi connectivity index (χ2n) is 10.3. The van der Waals surface area contributed by atoms with Crippen molar-refractivity contribution in [1.82, 2.24) is 0 Å². The van der Waals surface area contributed by atoms with E-state index in [0.717, 1.165) is 11.5 Å². The Labute approximate surface area is 199 Å². The van der Waals surface area contributed by atoms with E-state index in [1.807, 2.05) is 0 Å². The number of hydrogen-bond acceptors (Lipinski definition) is 1. The van der Waals surface area contributed by atoms with E-state index in [4.69, 9.17) is 4.74 Å². The third-order valence-electron chi connectivity index (χ3n) is 6.64. The maximum Gasteiger partial charge on any atom is 0.132 e. The van der Waals surface area contributed by atoms with Gasteiger partial charge in [-0.1, -0.05) is 120 Å². The molecule has 33 heavy (non-hydrogen) atoms. The van der Waals surface area contributed by atoms with Crippen LogP contribution in [0.4, 0.5) is 0 Å². The van der Waals surface area contributed by atoms with E-state index in [0.29, 0.717) is 0 Å². The summed E-state index contributed by atoms with van der Waals surface area (Å²) in [6, 6.07) is 35.2. The average molecular weight is 451 g/mol. The van der Waals surface area contributed by atoms with Gasteiger partial charge in [0.25, 0.3) is 0 Å². The van der Waals surface area contributed by atoms with E-state index in [2.05, 4.69) is 132 Å². The highest BCUT2D eigenvalue weighted by Gasteiger charge is 2.38. The van der Waals surface area contributed by atoms with Gasteiger partial charge in [-0.15, -0.1) is 0 Å². The van der Waals surface area contributed by atoms with Gasteiger partial charge in [0.15, 0.2) is 0 Å². The predicted octanol–water partition coefficient (Wildman–Crippen LogP) is 7.17. The van der Waals surface area contributed by atoms with E-state index in [9.17, 15) is 0 Å². The van der Waals surface area contributed by atoms with Crippen LogP contribution in [0.1, 0.15) is 51.3 Å². The Balaban J connectivity index is 1.74. The van der Waals surface area contributed by atoms with Crippen LogP contribution >= 0.6 is 7.92 Å². The topological polar surface area (TPSA) is 9.23 Å². The van der Waals surface area contributed by atoms with Crippen LogP contribution in [-0.2, 0) is 10.8 Å². The third-order valence-corrected chi connectivity index (χ3v) is 9.12. The van der Waals surface area contributed by atoms with Crippen molar-refractivity contribution in [3.63, 3.8) is 0 Å². The van der Waals surface area contributed by atoms with Crippen LogP contribution in [0.3, 0.4) is 0 Å². The van der Waals surface area contributed by atoms with Crippen LogP contribution in [0.25, 0.3) is 0 Å². The molecular formula is C31H31OP. The molecule has 0 saturated carbocycles. The van der Waals surface area contributed by atoms with Gasteiger partial charge < -0.3 is 4.74 Å². The molecular weight excluding hydrogens is 419 g/mol. The summed E-state index contributed by atoms with van der Waals surface area (Å²) in [6.45, 7) is 11.5. The minimum absolute atomic E-state index is 0.0889. The Hall–Kier alpha value is -2.89. The van der Waals surface area contributed by atoms with Crippen LogP contribution in [0.2, 0.25) is 0 Å². The van der Waals surface area contributed by atoms with Crippen LogP contribution < -0.4 is 20.7 Å². The van der Waals surface area contributed by atoms with Crippen LogP contribution in [0, 0.1) is 0 Å². The molecule has 0 N–H and O–H groups in total. The molecule has 166 valence electrons. The Morgan fingerprint density at radius 1 is 0.667 bits per heavy atom. The fourth-order valence-corrected chi connectivity index (χ4v) is 7.47. The first-order valence-corrected chi connectivity index (χ1v) is 13.0. The zero-order chi connectivity index (χ0) is 23.2. The van der Waals surface area contributed by atoms with E-state index >= 15 is 0 Å². The lowest BCUT2D eigenvalue weighted by Gasteiger charge is -2.38. The summed E-state index contributed by atoms with van der Waals surface area (Å²) >= 11 is 0. The Kier molecular flexibility index (Phi) is 5.42. The predicted molar refractivity (Wildman–Crippen MR) is 142 cm³/mol. The number of hydrogen-bond donors (Lipinski definition) is 0. The maximum atomic E-state index is 6.55. The third kappa shape index (κ3) is 3.90. The first kappa shape index (κ1) is 21.9. The molecule has 4 aromatic rings. The van der Waals surface area contributed by atoms with Crippen molar-refractivity contribution >= 4 is 23.8 Å². The van der Waals surface area contributed by atoms with E-state index < -0.39 is 7.92 Å². The van der Waals surface area contributed by atoms with E-state index in [1.165, 1.54) is 32.6 Å². The highest BCUT2D eigenvalue weighted by atomic mass is 31.1. The minimum Gasteiger partial charge on any atom is -0.457 e. The zero-order valence-electron chi connectivity index (χ0n) is 20.1. The first-order chi connectivity index (χ1) is 15.8. The molecule has 0 unspecified atom stereocenters. The second kappa shape index (κ2) is 8.15. The molecule has 0 bridgehead atoms. The van der Waals surface area contributed by atoms with Crippen molar-refractivity contribution in [1.29, 1.82) is 0 Å². The largest absolute Gasteiger partial charge is 0.457 e. The first-order valence-electron chi connectivity index (χ1n) is 11.6. The van der Waals surface area contributed by atoms with E-state index in [1.54, 1.807) is 0 Å². The van der Waals surface area contributed by atoms with Gasteiger partial charge >= 0.3 is 0 Å². The SMILES string of the molecule is CC(C)(C)c1ccc2c(c1)C(C)(C)c1c(cccc1P(c1ccccc1)c1ccccc1)O2. The molecule has 0 aromatic heterocycles. The lowest BCUT2D eigenvalue weighted by atomic mass is 9.73. The monoisotopic (exact) mass is 450 g/mol. The summed E-state index contributed by atoms with van der Waals surface area (Å²) in [5.74, 6) is 1.95. The lowest BCUT2D eigenvalue weighted by Crippen LogP contribution is -2.34. The fraction of sp³-hybridized carbons (Fsp3) is 0.226. The summed E-state index contributed by atoms with van der Waals surface area (Å²) < 4.78 is 6.55. The Morgan fingerprint density at radius 3 is 1.85 bits per heavy atom. The van der Waals surface area contributed by atoms with Gasteiger partial charge in [0.1, 0.15) is 11.5 Å². The van der Waals surface area contributed by atoms with Crippen molar-refractivity contribution in [2.75, 3.05) is 0 Å². The van der Waals surface area contributed by atoms with Crippen molar-refractivity contribution in [3.8, 4) is 11.5 Å². The van der Waals surface area contributed by atoms with Crippen LogP contribution in [-0.4, -0.2) is 0 Å². The average Bonchev–Trinajstić information content (AvgIpc) is 2.80. The number of benzene rings is 4. The van der Waals surface area contributed by atoms with Crippen molar-refractivity contribution in [2.24, 2.45) is 0 Å². The smallest absolute Gasteiger partial charge is 0.132 e. The Bertz CT molecular complexity index is 1240. The van der Waals surface area contributed by atoms with Crippen LogP contribution in [0.5, 0.6) is 11.5 Å². The van der Waals surface area contributed by atoms with Gasteiger partial charge in [-0.2, -0.15) is 0 Å². The molecule has 0 fully saturated rings. The normalized spacial score (nSPS) is 14.4. The molecule has 0 radical (unpaired) electrons. The zero-order valence-corrected chi connectivity index (χ0v) is 21.0. The number of rotatable bonds is 3. The summed E-state index contributed by atoms with van der Waals surface area (Å²) in [4.78, 5) is 0. The number of fused-ring (bicyclic) bond motifs is 2. The molecule has 4 aromatic carbocycles. The lowest BCUT2D eigenvalue weighted by molar-refractivity contribution is 0.418. The van der Waals surface area contributed by atoms with Crippen molar-refractivity contribution in [3.05, 3.63) is 114 Å². The van der Waals surface area contributed by atoms with Gasteiger partial charge in [0.2, 0.25) is 0 Å². The molecule has 1 heterocycles. The Morgan fingerprint density at radius 2 is 1.27 bits per heavy atom. The van der Waals surface area contributed by atoms with Gasteiger partial charge in [-0.05, 0) is 46.9 Å². The number of ether oxygens (including phenoxy) is 1. The van der Waals surface area contributed by atoms with Gasteiger partial charge in [0, 0.05) is 16.5 Å². The van der Waals surface area contributed by atoms with Gasteiger partial charge in [-0.25, -0.2) is 0 Å². The molecule has 1 aliphatic heterocycles.